The quantitative estimate of drug-likeness (QED) is 0.610. The van der Waals surface area contributed by atoms with Crippen molar-refractivity contribution in [3.05, 3.63) is 35.1 Å². The molecule has 0 unspecified atom stereocenters. The smallest absolute Gasteiger partial charge is 0.306 e. The molecular weight excluding hydrogens is 251 g/mol. The van der Waals surface area contributed by atoms with Crippen molar-refractivity contribution >= 4 is 5.97 Å². The van der Waals surface area contributed by atoms with Gasteiger partial charge >= 0.3 is 5.97 Å². The lowest BCUT2D eigenvalue weighted by Crippen LogP contribution is -2.09. The second-order valence-corrected chi connectivity index (χ2v) is 4.09. The average molecular weight is 270 g/mol. The lowest BCUT2D eigenvalue weighted by atomic mass is 9.99. The minimum absolute atomic E-state index is 0.234. The standard InChI is InChI=1S/C14H19FO4/c1-3-18-14(17)7-5-11-4-6-12(15)8-13(11)10(2)19-9-16/h4,6,8,10,16H,3,5,7,9H2,1-2H3/t10-/m1/s1. The van der Waals surface area contributed by atoms with Crippen molar-refractivity contribution in [1.29, 1.82) is 0 Å². The molecule has 1 atom stereocenters. The van der Waals surface area contributed by atoms with Gasteiger partial charge in [-0.2, -0.15) is 0 Å². The normalized spacial score (nSPS) is 12.2. The Morgan fingerprint density at radius 1 is 1.47 bits per heavy atom. The van der Waals surface area contributed by atoms with Crippen LogP contribution >= 0.6 is 0 Å². The van der Waals surface area contributed by atoms with Crippen molar-refractivity contribution < 1.29 is 23.8 Å². The van der Waals surface area contributed by atoms with E-state index in [9.17, 15) is 9.18 Å². The summed E-state index contributed by atoms with van der Waals surface area (Å²) in [6, 6.07) is 4.33. The first-order valence-corrected chi connectivity index (χ1v) is 6.24. The van der Waals surface area contributed by atoms with Crippen LogP contribution in [0.25, 0.3) is 0 Å². The van der Waals surface area contributed by atoms with Crippen LogP contribution in [0.3, 0.4) is 0 Å². The topological polar surface area (TPSA) is 55.8 Å². The molecule has 1 aromatic carbocycles. The van der Waals surface area contributed by atoms with E-state index in [1.165, 1.54) is 12.1 Å². The fourth-order valence-corrected chi connectivity index (χ4v) is 1.84. The van der Waals surface area contributed by atoms with Crippen molar-refractivity contribution in [2.75, 3.05) is 13.4 Å². The molecule has 0 saturated carbocycles. The van der Waals surface area contributed by atoms with E-state index >= 15 is 0 Å². The molecule has 4 nitrogen and oxygen atoms in total. The molecule has 1 N–H and O–H groups in total. The van der Waals surface area contributed by atoms with Gasteiger partial charge in [-0.25, -0.2) is 4.39 Å². The third kappa shape index (κ3) is 4.96. The Balaban J connectivity index is 2.78. The van der Waals surface area contributed by atoms with Gasteiger partial charge in [-0.05, 0) is 43.5 Å². The molecule has 0 aliphatic heterocycles. The number of carbonyl (C=O) groups is 1. The molecular formula is C14H19FO4. The van der Waals surface area contributed by atoms with Crippen LogP contribution in [0.2, 0.25) is 0 Å². The zero-order valence-electron chi connectivity index (χ0n) is 11.2. The number of ether oxygens (including phenoxy) is 2. The summed E-state index contributed by atoms with van der Waals surface area (Å²) in [5.74, 6) is -0.656. The molecule has 0 aliphatic carbocycles. The van der Waals surface area contributed by atoms with Gasteiger partial charge in [0.15, 0.2) is 0 Å². The van der Waals surface area contributed by atoms with Crippen LogP contribution in [0.4, 0.5) is 4.39 Å². The maximum atomic E-state index is 13.3. The van der Waals surface area contributed by atoms with Gasteiger partial charge in [0, 0.05) is 6.42 Å². The summed E-state index contributed by atoms with van der Waals surface area (Å²) < 4.78 is 23.2. The Kier molecular flexibility index (Phi) is 6.45. The Hall–Kier alpha value is -1.46. The minimum atomic E-state index is -0.436. The number of hydrogen-bond acceptors (Lipinski definition) is 4. The van der Waals surface area contributed by atoms with E-state index < -0.39 is 12.9 Å². The van der Waals surface area contributed by atoms with Crippen molar-refractivity contribution in [3.8, 4) is 0 Å². The fraction of sp³-hybridized carbons (Fsp3) is 0.500. The molecule has 19 heavy (non-hydrogen) atoms. The third-order valence-corrected chi connectivity index (χ3v) is 2.77. The number of aryl methyl sites for hydroxylation is 1. The number of hydrogen-bond donors (Lipinski definition) is 1. The lowest BCUT2D eigenvalue weighted by Gasteiger charge is -2.16. The Morgan fingerprint density at radius 3 is 2.84 bits per heavy atom. The van der Waals surface area contributed by atoms with E-state index in [0.29, 0.717) is 18.6 Å². The Morgan fingerprint density at radius 2 is 2.21 bits per heavy atom. The number of aliphatic hydroxyl groups is 1. The maximum absolute atomic E-state index is 13.3. The highest BCUT2D eigenvalue weighted by Gasteiger charge is 2.13. The first kappa shape index (κ1) is 15.6. The van der Waals surface area contributed by atoms with Crippen LogP contribution < -0.4 is 0 Å². The lowest BCUT2D eigenvalue weighted by molar-refractivity contribution is -0.143. The number of aliphatic hydroxyl groups excluding tert-OH is 1. The van der Waals surface area contributed by atoms with Crippen LogP contribution in [-0.2, 0) is 20.7 Å². The first-order valence-electron chi connectivity index (χ1n) is 6.24. The number of carbonyl (C=O) groups excluding carboxylic acids is 1. The van der Waals surface area contributed by atoms with E-state index in [2.05, 4.69) is 0 Å². The molecule has 1 rings (SSSR count). The van der Waals surface area contributed by atoms with Crippen LogP contribution in [-0.4, -0.2) is 24.5 Å². The molecule has 0 radical (unpaired) electrons. The van der Waals surface area contributed by atoms with E-state index in [-0.39, 0.29) is 18.2 Å². The van der Waals surface area contributed by atoms with E-state index in [0.717, 1.165) is 5.56 Å². The van der Waals surface area contributed by atoms with Gasteiger partial charge in [0.25, 0.3) is 0 Å². The van der Waals surface area contributed by atoms with E-state index in [1.807, 2.05) is 0 Å². The highest BCUT2D eigenvalue weighted by atomic mass is 19.1. The second kappa shape index (κ2) is 7.86. The van der Waals surface area contributed by atoms with Gasteiger partial charge in [0.1, 0.15) is 12.6 Å². The van der Waals surface area contributed by atoms with E-state index in [1.54, 1.807) is 19.9 Å². The summed E-state index contributed by atoms with van der Waals surface area (Å²) in [6.07, 6.45) is 0.254. The van der Waals surface area contributed by atoms with Crippen LogP contribution in [0.5, 0.6) is 0 Å². The van der Waals surface area contributed by atoms with Gasteiger partial charge in [-0.15, -0.1) is 0 Å². The summed E-state index contributed by atoms with van der Waals surface area (Å²) in [5.41, 5.74) is 1.45. The molecule has 106 valence electrons. The Bertz CT molecular complexity index is 420. The average Bonchev–Trinajstić information content (AvgIpc) is 2.38. The summed E-state index contributed by atoms with van der Waals surface area (Å²) in [4.78, 5) is 11.3. The van der Waals surface area contributed by atoms with Crippen molar-refractivity contribution in [3.63, 3.8) is 0 Å². The second-order valence-electron chi connectivity index (χ2n) is 4.09. The molecule has 0 saturated heterocycles. The zero-order valence-corrected chi connectivity index (χ0v) is 11.2. The summed E-state index contributed by atoms with van der Waals surface area (Å²) in [5, 5.41) is 8.76. The molecule has 0 bridgehead atoms. The summed E-state index contributed by atoms with van der Waals surface area (Å²) in [7, 11) is 0. The molecule has 0 spiro atoms. The predicted molar refractivity (Wildman–Crippen MR) is 67.9 cm³/mol. The first-order chi connectivity index (χ1) is 9.08. The number of benzene rings is 1. The van der Waals surface area contributed by atoms with Gasteiger partial charge in [0.05, 0.1) is 12.7 Å². The SMILES string of the molecule is CCOC(=O)CCc1ccc(F)cc1[C@@H](C)OCO. The molecule has 0 fully saturated rings. The van der Waals surface area contributed by atoms with Gasteiger partial charge in [0.2, 0.25) is 0 Å². The van der Waals surface area contributed by atoms with Crippen molar-refractivity contribution in [2.24, 2.45) is 0 Å². The molecule has 0 amide bonds. The van der Waals surface area contributed by atoms with Crippen LogP contribution in [0, 0.1) is 5.82 Å². The zero-order chi connectivity index (χ0) is 14.3. The summed E-state index contributed by atoms with van der Waals surface area (Å²) >= 11 is 0. The van der Waals surface area contributed by atoms with Crippen molar-refractivity contribution in [1.82, 2.24) is 0 Å². The minimum Gasteiger partial charge on any atom is -0.466 e. The third-order valence-electron chi connectivity index (χ3n) is 2.77. The molecule has 0 heterocycles. The maximum Gasteiger partial charge on any atom is 0.306 e. The van der Waals surface area contributed by atoms with Crippen LogP contribution in [0.15, 0.2) is 18.2 Å². The van der Waals surface area contributed by atoms with Gasteiger partial charge in [-0.1, -0.05) is 6.07 Å². The molecule has 0 aromatic heterocycles. The largest absolute Gasteiger partial charge is 0.466 e. The molecule has 5 heteroatoms. The van der Waals surface area contributed by atoms with Gasteiger partial charge in [-0.3, -0.25) is 4.79 Å². The molecule has 0 aliphatic rings. The number of rotatable bonds is 7. The Labute approximate surface area is 112 Å². The van der Waals surface area contributed by atoms with E-state index in [4.69, 9.17) is 14.6 Å². The summed E-state index contributed by atoms with van der Waals surface area (Å²) in [6.45, 7) is 3.38. The van der Waals surface area contributed by atoms with Crippen LogP contribution in [0.1, 0.15) is 37.5 Å². The predicted octanol–water partition coefficient (Wildman–Crippen LogP) is 2.35. The highest BCUT2D eigenvalue weighted by Crippen LogP contribution is 2.23. The van der Waals surface area contributed by atoms with Gasteiger partial charge < -0.3 is 14.6 Å². The fourth-order valence-electron chi connectivity index (χ4n) is 1.84. The molecule has 1 aromatic rings. The number of esters is 1. The van der Waals surface area contributed by atoms with Crippen molar-refractivity contribution in [2.45, 2.75) is 32.8 Å². The highest BCUT2D eigenvalue weighted by molar-refractivity contribution is 5.69. The number of halogens is 1. The monoisotopic (exact) mass is 270 g/mol.